The molecule has 0 amide bonds. The van der Waals surface area contributed by atoms with Crippen molar-refractivity contribution in [3.63, 3.8) is 0 Å². The first-order valence-electron chi connectivity index (χ1n) is 4.53. The molecule has 0 saturated carbocycles. The number of β-amino-alcohol motifs (C(OH)–C–C–N with tert-alkyl or cyclic N) is 1. The molecule has 1 aliphatic rings. The lowest BCUT2D eigenvalue weighted by Gasteiger charge is -2.34. The second-order valence-corrected chi connectivity index (χ2v) is 6.16. The molecule has 1 aromatic rings. The van der Waals surface area contributed by atoms with Crippen LogP contribution in [0.4, 0.5) is 0 Å². The number of carbonyl (C=O) groups is 1. The van der Waals surface area contributed by atoms with Gasteiger partial charge in [0, 0.05) is 19.2 Å². The number of furan rings is 1. The van der Waals surface area contributed by atoms with E-state index in [0.717, 1.165) is 10.4 Å². The van der Waals surface area contributed by atoms with Gasteiger partial charge in [0.2, 0.25) is 15.8 Å². The van der Waals surface area contributed by atoms with Gasteiger partial charge in [-0.25, -0.2) is 13.2 Å². The van der Waals surface area contributed by atoms with Crippen LogP contribution in [0.5, 0.6) is 0 Å². The highest BCUT2D eigenvalue weighted by molar-refractivity contribution is 9.10. The Hall–Kier alpha value is -0.900. The molecule has 0 spiro atoms. The second kappa shape index (κ2) is 4.09. The molecule has 0 aliphatic carbocycles. The van der Waals surface area contributed by atoms with Crippen molar-refractivity contribution in [1.29, 1.82) is 0 Å². The minimum atomic E-state index is -3.81. The lowest BCUT2D eigenvalue weighted by atomic mass is 10.2. The number of hydrogen-bond donors (Lipinski definition) is 2. The van der Waals surface area contributed by atoms with Gasteiger partial charge in [0.25, 0.3) is 0 Å². The van der Waals surface area contributed by atoms with Gasteiger partial charge in [0.1, 0.15) is 4.90 Å². The maximum atomic E-state index is 11.9. The molecule has 0 unspecified atom stereocenters. The van der Waals surface area contributed by atoms with E-state index in [1.165, 1.54) is 0 Å². The first-order chi connectivity index (χ1) is 7.82. The van der Waals surface area contributed by atoms with Crippen LogP contribution >= 0.6 is 15.9 Å². The van der Waals surface area contributed by atoms with Crippen molar-refractivity contribution in [3.05, 3.63) is 16.5 Å². The number of carboxylic acids is 1. The van der Waals surface area contributed by atoms with Crippen LogP contribution in [-0.4, -0.2) is 48.1 Å². The van der Waals surface area contributed by atoms with Gasteiger partial charge in [-0.2, -0.15) is 4.31 Å². The summed E-state index contributed by atoms with van der Waals surface area (Å²) < 4.78 is 29.5. The normalized spacial score (nSPS) is 18.0. The molecular weight excluding hydrogens is 318 g/mol. The number of nitrogens with zero attached hydrogens (tertiary/aromatic N) is 1. The molecular formula is C8H8BrNO6S. The van der Waals surface area contributed by atoms with Gasteiger partial charge in [-0.05, 0) is 15.9 Å². The number of rotatable bonds is 3. The molecule has 2 heterocycles. The molecule has 17 heavy (non-hydrogen) atoms. The molecule has 0 radical (unpaired) electrons. The van der Waals surface area contributed by atoms with E-state index >= 15 is 0 Å². The van der Waals surface area contributed by atoms with Crippen LogP contribution in [0.25, 0.3) is 0 Å². The summed E-state index contributed by atoms with van der Waals surface area (Å²) in [6, 6.07) is 0.937. The molecule has 1 fully saturated rings. The average Bonchev–Trinajstić information content (AvgIpc) is 2.56. The van der Waals surface area contributed by atoms with Crippen molar-refractivity contribution < 1.29 is 27.8 Å². The molecule has 7 nitrogen and oxygen atoms in total. The van der Waals surface area contributed by atoms with Crippen molar-refractivity contribution in [1.82, 2.24) is 4.31 Å². The minimum Gasteiger partial charge on any atom is -0.475 e. The van der Waals surface area contributed by atoms with Crippen molar-refractivity contribution in [3.8, 4) is 0 Å². The predicted molar refractivity (Wildman–Crippen MR) is 58.1 cm³/mol. The third-order valence-corrected chi connectivity index (χ3v) is 5.00. The lowest BCUT2D eigenvalue weighted by molar-refractivity contribution is 0.0547. The highest BCUT2D eigenvalue weighted by Gasteiger charge is 2.38. The van der Waals surface area contributed by atoms with E-state index in [1.54, 1.807) is 0 Å². The van der Waals surface area contributed by atoms with Crippen molar-refractivity contribution in [2.24, 2.45) is 0 Å². The Morgan fingerprint density at radius 2 is 2.12 bits per heavy atom. The Morgan fingerprint density at radius 3 is 2.53 bits per heavy atom. The highest BCUT2D eigenvalue weighted by atomic mass is 79.9. The van der Waals surface area contributed by atoms with Crippen LogP contribution in [-0.2, 0) is 10.0 Å². The van der Waals surface area contributed by atoms with Gasteiger partial charge in [-0.15, -0.1) is 0 Å². The smallest absolute Gasteiger partial charge is 0.371 e. The third-order valence-electron chi connectivity index (χ3n) is 2.31. The van der Waals surface area contributed by atoms with Gasteiger partial charge >= 0.3 is 5.97 Å². The average molecular weight is 326 g/mol. The summed E-state index contributed by atoms with van der Waals surface area (Å²) in [6.07, 6.45) is -0.672. The summed E-state index contributed by atoms with van der Waals surface area (Å²) in [5.74, 6) is -1.81. The molecule has 9 heteroatoms. The molecule has 0 bridgehead atoms. The summed E-state index contributed by atoms with van der Waals surface area (Å²) in [6.45, 7) is 0.00468. The van der Waals surface area contributed by atoms with Gasteiger partial charge in [0.05, 0.1) is 6.10 Å². The first-order valence-corrected chi connectivity index (χ1v) is 6.76. The topological polar surface area (TPSA) is 108 Å². The van der Waals surface area contributed by atoms with Crippen LogP contribution in [0.1, 0.15) is 10.6 Å². The van der Waals surface area contributed by atoms with Crippen LogP contribution in [0, 0.1) is 0 Å². The zero-order valence-corrected chi connectivity index (χ0v) is 10.7. The van der Waals surface area contributed by atoms with Gasteiger partial charge in [-0.1, -0.05) is 0 Å². The van der Waals surface area contributed by atoms with Gasteiger partial charge < -0.3 is 14.6 Å². The maximum Gasteiger partial charge on any atom is 0.371 e. The fraction of sp³-hybridized carbons (Fsp3) is 0.375. The molecule has 1 saturated heterocycles. The molecule has 2 N–H and O–H groups in total. The summed E-state index contributed by atoms with van der Waals surface area (Å²) in [7, 11) is -3.81. The zero-order valence-electron chi connectivity index (χ0n) is 8.33. The Labute approximate surface area is 105 Å². The van der Waals surface area contributed by atoms with E-state index in [0.29, 0.717) is 0 Å². The van der Waals surface area contributed by atoms with Crippen LogP contribution in [0.2, 0.25) is 0 Å². The van der Waals surface area contributed by atoms with E-state index in [9.17, 15) is 13.2 Å². The number of hydrogen-bond acceptors (Lipinski definition) is 5. The number of halogens is 1. The molecule has 0 aromatic carbocycles. The number of aliphatic hydroxyl groups is 1. The van der Waals surface area contributed by atoms with E-state index in [2.05, 4.69) is 15.9 Å². The van der Waals surface area contributed by atoms with Crippen LogP contribution in [0.15, 0.2) is 20.0 Å². The monoisotopic (exact) mass is 325 g/mol. The van der Waals surface area contributed by atoms with Gasteiger partial charge in [0.15, 0.2) is 4.67 Å². The third kappa shape index (κ3) is 2.10. The summed E-state index contributed by atoms with van der Waals surface area (Å²) in [5, 5.41) is 17.7. The summed E-state index contributed by atoms with van der Waals surface area (Å²) in [4.78, 5) is 10.4. The summed E-state index contributed by atoms with van der Waals surface area (Å²) in [5.41, 5.74) is 0. The second-order valence-electron chi connectivity index (χ2n) is 3.53. The van der Waals surface area contributed by atoms with Crippen LogP contribution in [0.3, 0.4) is 0 Å². The number of carboxylic acid groups (broad SMARTS) is 1. The maximum absolute atomic E-state index is 11.9. The Balaban J connectivity index is 2.37. The fourth-order valence-electron chi connectivity index (χ4n) is 1.39. The Bertz CT molecular complexity index is 559. The predicted octanol–water partition coefficient (Wildman–Crippen LogP) is 0.105. The van der Waals surface area contributed by atoms with E-state index in [4.69, 9.17) is 14.6 Å². The fourth-order valence-corrected chi connectivity index (χ4v) is 3.80. The van der Waals surface area contributed by atoms with Crippen molar-refractivity contribution in [2.75, 3.05) is 13.1 Å². The quantitative estimate of drug-likeness (QED) is 0.816. The van der Waals surface area contributed by atoms with Gasteiger partial charge in [-0.3, -0.25) is 0 Å². The molecule has 2 rings (SSSR count). The zero-order chi connectivity index (χ0) is 12.8. The molecule has 1 aliphatic heterocycles. The number of sulfonamides is 1. The molecule has 1 aromatic heterocycles. The standard InChI is InChI=1S/C8H8BrNO6S/c9-7-6(1-5(16-7)8(12)13)17(14,15)10-2-4(11)3-10/h1,4,11H,2-3H2,(H,12,13). The van der Waals surface area contributed by atoms with E-state index < -0.39 is 27.9 Å². The van der Waals surface area contributed by atoms with E-state index in [1.807, 2.05) is 0 Å². The Kier molecular flexibility index (Phi) is 3.02. The minimum absolute atomic E-state index is 0.00234. The Morgan fingerprint density at radius 1 is 1.53 bits per heavy atom. The van der Waals surface area contributed by atoms with Crippen LogP contribution < -0.4 is 0 Å². The molecule has 94 valence electrons. The largest absolute Gasteiger partial charge is 0.475 e. The molecule has 0 atom stereocenters. The van der Waals surface area contributed by atoms with E-state index in [-0.39, 0.29) is 22.7 Å². The number of aromatic carboxylic acids is 1. The SMILES string of the molecule is O=C(O)c1cc(S(=O)(=O)N2CC(O)C2)c(Br)o1. The number of aliphatic hydroxyl groups excluding tert-OH is 1. The highest BCUT2D eigenvalue weighted by Crippen LogP contribution is 2.30. The lowest BCUT2D eigenvalue weighted by Crippen LogP contribution is -2.53. The first kappa shape index (κ1) is 12.6. The van der Waals surface area contributed by atoms with Crippen molar-refractivity contribution in [2.45, 2.75) is 11.0 Å². The van der Waals surface area contributed by atoms with Crippen molar-refractivity contribution >= 4 is 31.9 Å². The summed E-state index contributed by atoms with van der Waals surface area (Å²) >= 11 is 2.86.